The molecule has 4 rings (SSSR count). The molecule has 1 atom stereocenters. The zero-order valence-electron chi connectivity index (χ0n) is 11.9. The van der Waals surface area contributed by atoms with E-state index in [1.165, 1.54) is 23.5 Å². The predicted molar refractivity (Wildman–Crippen MR) is 87.9 cm³/mol. The van der Waals surface area contributed by atoms with E-state index >= 15 is 0 Å². The highest BCUT2D eigenvalue weighted by Crippen LogP contribution is 2.35. The first kappa shape index (κ1) is 13.6. The molecule has 0 bridgehead atoms. The van der Waals surface area contributed by atoms with Gasteiger partial charge in [0.05, 0.1) is 17.9 Å². The molecule has 0 aliphatic heterocycles. The van der Waals surface area contributed by atoms with Crippen molar-refractivity contribution in [1.82, 2.24) is 10.3 Å². The van der Waals surface area contributed by atoms with Crippen molar-refractivity contribution in [3.63, 3.8) is 0 Å². The maximum Gasteiger partial charge on any atom is 0.255 e. The van der Waals surface area contributed by atoms with Crippen LogP contribution in [0.15, 0.2) is 45.7 Å². The number of hydrogen-bond donors (Lipinski definition) is 2. The predicted octanol–water partition coefficient (Wildman–Crippen LogP) is 4.33. The Kier molecular flexibility index (Phi) is 3.30. The molecule has 0 spiro atoms. The molecule has 2 aromatic heterocycles. The molecule has 1 amide bonds. The lowest BCUT2D eigenvalue weighted by molar-refractivity contribution is 0.0931. The average molecular weight is 359 g/mol. The Morgan fingerprint density at radius 2 is 2.27 bits per heavy atom. The van der Waals surface area contributed by atoms with Crippen molar-refractivity contribution >= 4 is 32.7 Å². The van der Waals surface area contributed by atoms with Crippen LogP contribution in [0.4, 0.5) is 0 Å². The van der Waals surface area contributed by atoms with Gasteiger partial charge in [0, 0.05) is 21.1 Å². The van der Waals surface area contributed by atoms with Crippen molar-refractivity contribution in [3.8, 4) is 0 Å². The number of carbonyl (C=O) groups is 1. The highest BCUT2D eigenvalue weighted by molar-refractivity contribution is 9.10. The first-order valence-electron chi connectivity index (χ1n) is 7.35. The van der Waals surface area contributed by atoms with E-state index in [9.17, 15) is 4.79 Å². The van der Waals surface area contributed by atoms with Gasteiger partial charge >= 0.3 is 0 Å². The molecule has 4 nitrogen and oxygen atoms in total. The van der Waals surface area contributed by atoms with Crippen molar-refractivity contribution in [3.05, 3.63) is 58.1 Å². The van der Waals surface area contributed by atoms with Crippen LogP contribution in [-0.2, 0) is 6.42 Å². The summed E-state index contributed by atoms with van der Waals surface area (Å²) in [6.45, 7) is 0. The molecule has 22 heavy (non-hydrogen) atoms. The lowest BCUT2D eigenvalue weighted by Gasteiger charge is -2.23. The summed E-state index contributed by atoms with van der Waals surface area (Å²) in [6.07, 6.45) is 6.06. The molecule has 0 saturated heterocycles. The van der Waals surface area contributed by atoms with Gasteiger partial charge in [-0.15, -0.1) is 0 Å². The summed E-state index contributed by atoms with van der Waals surface area (Å²) in [5.41, 5.74) is 4.14. The number of nitrogens with one attached hydrogen (secondary N) is 2. The highest BCUT2D eigenvalue weighted by atomic mass is 79.9. The van der Waals surface area contributed by atoms with E-state index in [4.69, 9.17) is 4.42 Å². The summed E-state index contributed by atoms with van der Waals surface area (Å²) in [7, 11) is 0. The maximum atomic E-state index is 12.3. The Morgan fingerprint density at radius 3 is 3.09 bits per heavy atom. The van der Waals surface area contributed by atoms with Gasteiger partial charge in [-0.05, 0) is 49.1 Å². The van der Waals surface area contributed by atoms with Gasteiger partial charge in [0.25, 0.3) is 5.91 Å². The van der Waals surface area contributed by atoms with Crippen molar-refractivity contribution in [2.45, 2.75) is 25.3 Å². The molecule has 1 unspecified atom stereocenters. The summed E-state index contributed by atoms with van der Waals surface area (Å²) in [4.78, 5) is 15.7. The summed E-state index contributed by atoms with van der Waals surface area (Å²) < 4.78 is 6.06. The highest BCUT2D eigenvalue weighted by Gasteiger charge is 2.26. The maximum absolute atomic E-state index is 12.3. The first-order valence-corrected chi connectivity index (χ1v) is 8.15. The Morgan fingerprint density at radius 1 is 1.36 bits per heavy atom. The molecule has 112 valence electrons. The molecule has 0 fully saturated rings. The Labute approximate surface area is 136 Å². The Bertz CT molecular complexity index is 836. The topological polar surface area (TPSA) is 58.0 Å². The van der Waals surface area contributed by atoms with E-state index in [2.05, 4.69) is 38.4 Å². The van der Waals surface area contributed by atoms with Gasteiger partial charge in [-0.1, -0.05) is 15.9 Å². The molecule has 0 saturated carbocycles. The van der Waals surface area contributed by atoms with E-state index in [-0.39, 0.29) is 11.9 Å². The van der Waals surface area contributed by atoms with Crippen molar-refractivity contribution in [2.24, 2.45) is 0 Å². The molecule has 1 aliphatic carbocycles. The Hall–Kier alpha value is -2.01. The number of furan rings is 1. The van der Waals surface area contributed by atoms with Crippen LogP contribution in [0.2, 0.25) is 0 Å². The second kappa shape index (κ2) is 5.32. The third-order valence-electron chi connectivity index (χ3n) is 4.26. The van der Waals surface area contributed by atoms with Crippen LogP contribution >= 0.6 is 15.9 Å². The fourth-order valence-electron chi connectivity index (χ4n) is 3.21. The number of amides is 1. The van der Waals surface area contributed by atoms with Gasteiger partial charge in [-0.3, -0.25) is 4.79 Å². The molecule has 2 heterocycles. The SMILES string of the molecule is O=C(NC1CCCc2c1[nH]c1ccc(Br)cc21)c1ccoc1. The summed E-state index contributed by atoms with van der Waals surface area (Å²) >= 11 is 3.53. The van der Waals surface area contributed by atoms with E-state index in [1.54, 1.807) is 6.07 Å². The molecule has 1 aliphatic rings. The molecule has 3 aromatic rings. The van der Waals surface area contributed by atoms with Crippen LogP contribution in [-0.4, -0.2) is 10.9 Å². The second-order valence-corrected chi connectivity index (χ2v) is 6.55. The fraction of sp³-hybridized carbons (Fsp3) is 0.235. The number of fused-ring (bicyclic) bond motifs is 3. The third-order valence-corrected chi connectivity index (χ3v) is 4.75. The number of aromatic nitrogens is 1. The monoisotopic (exact) mass is 358 g/mol. The van der Waals surface area contributed by atoms with Gasteiger partial charge in [-0.2, -0.15) is 0 Å². The minimum atomic E-state index is -0.0913. The summed E-state index contributed by atoms with van der Waals surface area (Å²) in [5, 5.41) is 4.35. The van der Waals surface area contributed by atoms with Crippen LogP contribution in [0, 0.1) is 0 Å². The number of hydrogen-bond acceptors (Lipinski definition) is 2. The lowest BCUT2D eigenvalue weighted by atomic mass is 9.91. The van der Waals surface area contributed by atoms with Crippen LogP contribution in [0.5, 0.6) is 0 Å². The number of H-pyrrole nitrogens is 1. The van der Waals surface area contributed by atoms with Crippen LogP contribution in [0.25, 0.3) is 10.9 Å². The second-order valence-electron chi connectivity index (χ2n) is 5.64. The molecular weight excluding hydrogens is 344 g/mol. The number of benzene rings is 1. The fourth-order valence-corrected chi connectivity index (χ4v) is 3.58. The smallest absolute Gasteiger partial charge is 0.255 e. The molecule has 2 N–H and O–H groups in total. The van der Waals surface area contributed by atoms with Gasteiger partial charge in [0.1, 0.15) is 6.26 Å². The van der Waals surface area contributed by atoms with Crippen molar-refractivity contribution in [2.75, 3.05) is 0 Å². The largest absolute Gasteiger partial charge is 0.472 e. The minimum absolute atomic E-state index is 0.0253. The third kappa shape index (κ3) is 2.25. The van der Waals surface area contributed by atoms with Crippen molar-refractivity contribution < 1.29 is 9.21 Å². The van der Waals surface area contributed by atoms with E-state index in [0.717, 1.165) is 34.9 Å². The zero-order chi connectivity index (χ0) is 15.1. The van der Waals surface area contributed by atoms with Crippen LogP contribution in [0.3, 0.4) is 0 Å². The molecule has 0 radical (unpaired) electrons. The summed E-state index contributed by atoms with van der Waals surface area (Å²) in [6, 6.07) is 7.96. The number of halogens is 1. The number of aromatic amines is 1. The van der Waals surface area contributed by atoms with E-state index < -0.39 is 0 Å². The average Bonchev–Trinajstić information content (AvgIpc) is 3.15. The first-order chi connectivity index (χ1) is 10.7. The lowest BCUT2D eigenvalue weighted by Crippen LogP contribution is -2.30. The number of carbonyl (C=O) groups excluding carboxylic acids is 1. The molecular formula is C17H15BrN2O2. The number of aryl methyl sites for hydroxylation is 1. The van der Waals surface area contributed by atoms with Crippen molar-refractivity contribution in [1.29, 1.82) is 0 Å². The molecule has 1 aromatic carbocycles. The van der Waals surface area contributed by atoms with Crippen LogP contribution in [0.1, 0.15) is 40.5 Å². The van der Waals surface area contributed by atoms with E-state index in [0.29, 0.717) is 5.56 Å². The zero-order valence-corrected chi connectivity index (χ0v) is 13.4. The Balaban J connectivity index is 1.70. The minimum Gasteiger partial charge on any atom is -0.472 e. The van der Waals surface area contributed by atoms with Gasteiger partial charge in [-0.25, -0.2) is 0 Å². The molecule has 5 heteroatoms. The van der Waals surface area contributed by atoms with Gasteiger partial charge in [0.15, 0.2) is 0 Å². The van der Waals surface area contributed by atoms with E-state index in [1.807, 2.05) is 6.07 Å². The number of rotatable bonds is 2. The summed E-state index contributed by atoms with van der Waals surface area (Å²) in [5.74, 6) is -0.0913. The van der Waals surface area contributed by atoms with Crippen LogP contribution < -0.4 is 5.32 Å². The van der Waals surface area contributed by atoms with Gasteiger partial charge in [0.2, 0.25) is 0 Å². The van der Waals surface area contributed by atoms with Gasteiger partial charge < -0.3 is 14.7 Å². The standard InChI is InChI=1S/C17H15BrN2O2/c18-11-4-5-14-13(8-11)12-2-1-3-15(16(12)19-14)20-17(21)10-6-7-22-9-10/h4-9,15,19H,1-3H2,(H,20,21). The quantitative estimate of drug-likeness (QED) is 0.716. The normalized spacial score (nSPS) is 17.4.